The van der Waals surface area contributed by atoms with Crippen molar-refractivity contribution >= 4 is 66.0 Å². The Morgan fingerprint density at radius 3 is 0.542 bits per heavy atom. The highest BCUT2D eigenvalue weighted by Gasteiger charge is 2.29. The van der Waals surface area contributed by atoms with E-state index in [0.29, 0.717) is 0 Å². The van der Waals surface area contributed by atoms with E-state index < -0.39 is 90.7 Å². The lowest BCUT2D eigenvalue weighted by molar-refractivity contribution is -0.136. The number of carbonyl (C=O) groups excluding carboxylic acids is 1. The van der Waals surface area contributed by atoms with E-state index in [1.54, 1.807) is 0 Å². The molecule has 4 atom stereocenters. The van der Waals surface area contributed by atoms with Crippen molar-refractivity contribution in [2.45, 2.75) is 24.4 Å². The summed E-state index contributed by atoms with van der Waals surface area (Å²) in [5.74, 6) is -12.3. The van der Waals surface area contributed by atoms with Crippen LogP contribution in [0.1, 0.15) is 104 Å². The average Bonchev–Trinajstić information content (AvgIpc) is 3.36. The second-order valence-corrected chi connectivity index (χ2v) is 13.1. The van der Waals surface area contributed by atoms with Crippen LogP contribution in [0.25, 0.3) is 0 Å². The smallest absolute Gasteiger partial charge is 0.336 e. The lowest BCUT2D eigenvalue weighted by Crippen LogP contribution is -2.46. The number of carbonyl (C=O) groups is 11. The molecule has 0 aliphatic carbocycles. The van der Waals surface area contributed by atoms with Gasteiger partial charge in [0.15, 0.2) is 6.29 Å². The lowest BCUT2D eigenvalue weighted by atomic mass is 10.0. The summed E-state index contributed by atoms with van der Waals surface area (Å²) < 4.78 is 0. The number of aromatic carboxylic acids is 10. The maximum atomic E-state index is 10.5. The molecule has 0 unspecified atom stereocenters. The van der Waals surface area contributed by atoms with Gasteiger partial charge in [-0.05, 0) is 60.7 Å². The van der Waals surface area contributed by atoms with Gasteiger partial charge in [0.2, 0.25) is 0 Å². The fourth-order valence-corrected chi connectivity index (χ4v) is 4.90. The topological polar surface area (TPSA) is 491 Å². The highest BCUT2D eigenvalue weighted by molar-refractivity contribution is 6.04. The summed E-state index contributed by atoms with van der Waals surface area (Å²) in [7, 11) is 0. The molecule has 0 amide bonds. The quantitative estimate of drug-likeness (QED) is 0.0667. The zero-order valence-electron chi connectivity index (χ0n) is 36.3. The minimum Gasteiger partial charge on any atom is -0.478 e. The van der Waals surface area contributed by atoms with Crippen molar-refractivity contribution in [3.63, 3.8) is 0 Å². The summed E-state index contributed by atoms with van der Waals surface area (Å²) in [6.07, 6.45) is -6.84. The first-order chi connectivity index (χ1) is 33.7. The number of hydrogen-bond acceptors (Lipinski definition) is 16. The van der Waals surface area contributed by atoms with Crippen LogP contribution in [0.2, 0.25) is 0 Å². The lowest BCUT2D eigenvalue weighted by Gasteiger charge is -2.22. The van der Waals surface area contributed by atoms with Gasteiger partial charge >= 0.3 is 59.7 Å². The van der Waals surface area contributed by atoms with Crippen LogP contribution in [0, 0.1) is 0 Å². The molecule has 26 heteroatoms. The van der Waals surface area contributed by atoms with E-state index in [1.165, 1.54) is 121 Å². The summed E-state index contributed by atoms with van der Waals surface area (Å²) in [6.45, 7) is -0.760. The SMILES string of the molecule is O=C(O)c1ccccc1C(=O)O.O=C(O)c1ccccc1C(=O)O.O=C(O)c1ccccc1C(=O)O.O=C(O)c1ccccc1C(=O)O.O=C(O)c1ccccc1C(=O)O.O=C[C@H](O)[C@@H](O)[C@H](O)[C@H](O)CO. The molecule has 0 radical (unpaired) electrons. The van der Waals surface area contributed by atoms with E-state index in [-0.39, 0.29) is 61.9 Å². The number of aliphatic hydroxyl groups excluding tert-OH is 5. The van der Waals surface area contributed by atoms with Crippen LogP contribution >= 0.6 is 0 Å². The fourth-order valence-electron chi connectivity index (χ4n) is 4.90. The van der Waals surface area contributed by atoms with E-state index in [0.717, 1.165) is 0 Å². The Bertz CT molecular complexity index is 2170. The van der Waals surface area contributed by atoms with Gasteiger partial charge in [0, 0.05) is 0 Å². The fraction of sp³-hybridized carbons (Fsp3) is 0.109. The molecule has 5 rings (SSSR count). The number of aliphatic hydroxyl groups is 5. The summed E-state index contributed by atoms with van der Waals surface area (Å²) in [5.41, 5.74) is -1.90. The highest BCUT2D eigenvalue weighted by atomic mass is 16.4. The first kappa shape index (κ1) is 62.3. The molecule has 0 saturated heterocycles. The van der Waals surface area contributed by atoms with Gasteiger partial charge in [-0.1, -0.05) is 60.7 Å². The van der Waals surface area contributed by atoms with Crippen molar-refractivity contribution in [3.8, 4) is 0 Å². The molecule has 0 bridgehead atoms. The molecule has 0 heterocycles. The van der Waals surface area contributed by atoms with Crippen molar-refractivity contribution in [3.05, 3.63) is 177 Å². The van der Waals surface area contributed by atoms with Crippen molar-refractivity contribution in [2.75, 3.05) is 6.61 Å². The van der Waals surface area contributed by atoms with E-state index in [4.69, 9.17) is 76.6 Å². The van der Waals surface area contributed by atoms with Crippen molar-refractivity contribution in [2.24, 2.45) is 0 Å². The Kier molecular flexibility index (Phi) is 27.1. The number of carboxylic acid groups (broad SMARTS) is 10. The molecule has 0 fully saturated rings. The minimum atomic E-state index is -1.79. The summed E-state index contributed by atoms with van der Waals surface area (Å²) in [5, 5.41) is 129. The predicted octanol–water partition coefficient (Wildman–Crippen LogP) is 2.04. The van der Waals surface area contributed by atoms with Crippen LogP contribution in [-0.4, -0.2) is 174 Å². The first-order valence-corrected chi connectivity index (χ1v) is 19.2. The minimum absolute atomic E-state index is 0.0258. The van der Waals surface area contributed by atoms with Gasteiger partial charge in [-0.2, -0.15) is 0 Å². The maximum Gasteiger partial charge on any atom is 0.336 e. The second kappa shape index (κ2) is 31.3. The Hall–Kier alpha value is -9.73. The van der Waals surface area contributed by atoms with Crippen molar-refractivity contribution in [1.82, 2.24) is 0 Å². The van der Waals surface area contributed by atoms with Crippen LogP contribution in [-0.2, 0) is 4.79 Å². The predicted molar refractivity (Wildman–Crippen MR) is 239 cm³/mol. The Morgan fingerprint density at radius 2 is 0.444 bits per heavy atom. The van der Waals surface area contributed by atoms with Crippen LogP contribution in [0.15, 0.2) is 121 Å². The van der Waals surface area contributed by atoms with Gasteiger partial charge in [-0.15, -0.1) is 0 Å². The molecule has 0 aliphatic rings. The zero-order chi connectivity index (χ0) is 55.4. The summed E-state index contributed by atoms with van der Waals surface area (Å²) >= 11 is 0. The van der Waals surface area contributed by atoms with Gasteiger partial charge in [0.25, 0.3) is 0 Å². The maximum absolute atomic E-state index is 10.5. The molecule has 0 aliphatic heterocycles. The standard InChI is InChI=1S/5C8H6O4.C6H12O6/c5*9-7(10)5-3-1-2-4-6(5)8(11)12;7-1-3(9)5(11)6(12)4(10)2-8/h5*1-4H,(H,9,10)(H,11,12);1,3-6,8-12H,2H2/t;;;;;3-,4+,5+,6+/m.....0/s1. The van der Waals surface area contributed by atoms with E-state index in [9.17, 15) is 52.7 Å². The molecule has 5 aromatic carbocycles. The third kappa shape index (κ3) is 20.6. The number of benzene rings is 5. The molecular weight excluding hydrogens is 968 g/mol. The molecule has 72 heavy (non-hydrogen) atoms. The molecule has 5 aromatic rings. The second-order valence-electron chi connectivity index (χ2n) is 13.1. The normalized spacial score (nSPS) is 11.3. The third-order valence-corrected chi connectivity index (χ3v) is 8.36. The van der Waals surface area contributed by atoms with Crippen LogP contribution in [0.4, 0.5) is 0 Å². The number of aldehydes is 1. The summed E-state index contributed by atoms with van der Waals surface area (Å²) in [6, 6.07) is 27.4. The highest BCUT2D eigenvalue weighted by Crippen LogP contribution is 2.12. The third-order valence-electron chi connectivity index (χ3n) is 8.36. The average molecular weight is 1010 g/mol. The van der Waals surface area contributed by atoms with Gasteiger partial charge in [0.05, 0.1) is 62.2 Å². The Labute approximate surface area is 402 Å². The molecule has 0 aromatic heterocycles. The van der Waals surface area contributed by atoms with Crippen LogP contribution < -0.4 is 0 Å². The number of rotatable bonds is 15. The molecule has 0 saturated carbocycles. The van der Waals surface area contributed by atoms with Crippen molar-refractivity contribution < 1.29 is 129 Å². The van der Waals surface area contributed by atoms with Gasteiger partial charge in [-0.3, -0.25) is 0 Å². The van der Waals surface area contributed by atoms with Crippen molar-refractivity contribution in [1.29, 1.82) is 0 Å². The molecule has 15 N–H and O–H groups in total. The first-order valence-electron chi connectivity index (χ1n) is 19.2. The van der Waals surface area contributed by atoms with Gasteiger partial charge < -0.3 is 81.4 Å². The van der Waals surface area contributed by atoms with Crippen LogP contribution in [0.3, 0.4) is 0 Å². The van der Waals surface area contributed by atoms with Gasteiger partial charge in [-0.25, -0.2) is 47.9 Å². The van der Waals surface area contributed by atoms with E-state index in [1.807, 2.05) is 0 Å². The summed E-state index contributed by atoms with van der Waals surface area (Å²) in [4.78, 5) is 115. The molecular formula is C46H42O26. The van der Waals surface area contributed by atoms with E-state index in [2.05, 4.69) is 0 Å². The van der Waals surface area contributed by atoms with Crippen LogP contribution in [0.5, 0.6) is 0 Å². The largest absolute Gasteiger partial charge is 0.478 e. The zero-order valence-corrected chi connectivity index (χ0v) is 36.3. The van der Waals surface area contributed by atoms with E-state index >= 15 is 0 Å². The molecule has 0 spiro atoms. The Morgan fingerprint density at radius 1 is 0.306 bits per heavy atom. The monoisotopic (exact) mass is 1010 g/mol. The van der Waals surface area contributed by atoms with Gasteiger partial charge in [0.1, 0.15) is 24.4 Å². The number of carboxylic acids is 10. The Balaban J connectivity index is 0.000000840. The molecule has 382 valence electrons. The number of hydrogen-bond donors (Lipinski definition) is 15. The molecule has 26 nitrogen and oxygen atoms in total.